The summed E-state index contributed by atoms with van der Waals surface area (Å²) in [5, 5.41) is 0. The van der Waals surface area contributed by atoms with Crippen LogP contribution >= 0.6 is 8.60 Å². The molecule has 1 aromatic rings. The molecule has 3 nitrogen and oxygen atoms in total. The van der Waals surface area contributed by atoms with Crippen molar-refractivity contribution >= 4 is 8.60 Å². The van der Waals surface area contributed by atoms with Crippen molar-refractivity contribution < 1.29 is 14.3 Å². The molecule has 0 aliphatic heterocycles. The Morgan fingerprint density at radius 2 is 1.48 bits per heavy atom. The Hall–Kier alpha value is -0.630. The lowest BCUT2D eigenvalue weighted by Crippen LogP contribution is -1.99. The van der Waals surface area contributed by atoms with E-state index in [0.717, 1.165) is 32.1 Å². The Labute approximate surface area is 143 Å². The molecule has 0 aliphatic rings. The minimum absolute atomic E-state index is 0.653. The lowest BCUT2D eigenvalue weighted by atomic mass is 9.96. The zero-order valence-electron chi connectivity index (χ0n) is 14.8. The molecule has 0 aliphatic carbocycles. The summed E-state index contributed by atoms with van der Waals surface area (Å²) in [7, 11) is -2.35. The Balaban J connectivity index is 2.57. The summed E-state index contributed by atoms with van der Waals surface area (Å²) in [6.45, 7) is 4.43. The van der Waals surface area contributed by atoms with E-state index in [1.165, 1.54) is 49.7 Å². The smallest absolute Gasteiger partial charge is 0.391 e. The standard InChI is InChI=1S/C19H33O3P/c1-3-5-7-8-9-10-11-15-18-17(13-6-4-2)14-12-16-19(18)22-23(20)21/h12,14,16,20-21H,3-11,13,15H2,1-2H3. The summed E-state index contributed by atoms with van der Waals surface area (Å²) in [5.41, 5.74) is 2.47. The van der Waals surface area contributed by atoms with E-state index in [1.54, 1.807) is 0 Å². The predicted molar refractivity (Wildman–Crippen MR) is 98.7 cm³/mol. The van der Waals surface area contributed by atoms with Crippen molar-refractivity contribution in [3.8, 4) is 5.75 Å². The summed E-state index contributed by atoms with van der Waals surface area (Å²) in [4.78, 5) is 18.4. The first-order chi connectivity index (χ1) is 11.2. The maximum absolute atomic E-state index is 9.19. The molecule has 0 saturated heterocycles. The van der Waals surface area contributed by atoms with Crippen LogP contribution in [0, 0.1) is 0 Å². The molecule has 0 saturated carbocycles. The second-order valence-corrected chi connectivity index (χ2v) is 6.90. The summed E-state index contributed by atoms with van der Waals surface area (Å²) in [5.74, 6) is 0.653. The van der Waals surface area contributed by atoms with E-state index in [1.807, 2.05) is 12.1 Å². The molecule has 0 heterocycles. The monoisotopic (exact) mass is 340 g/mol. The molecule has 23 heavy (non-hydrogen) atoms. The maximum atomic E-state index is 9.19. The van der Waals surface area contributed by atoms with Gasteiger partial charge in [0.1, 0.15) is 5.75 Å². The van der Waals surface area contributed by atoms with Gasteiger partial charge in [-0.2, -0.15) is 0 Å². The van der Waals surface area contributed by atoms with E-state index in [4.69, 9.17) is 4.52 Å². The van der Waals surface area contributed by atoms with Crippen LogP contribution in [0.25, 0.3) is 0 Å². The molecule has 1 rings (SSSR count). The number of hydrogen-bond donors (Lipinski definition) is 2. The normalized spacial score (nSPS) is 11.2. The second kappa shape index (κ2) is 12.8. The van der Waals surface area contributed by atoms with Crippen LogP contribution in [0.1, 0.15) is 82.8 Å². The van der Waals surface area contributed by atoms with Crippen LogP contribution in [-0.4, -0.2) is 9.79 Å². The van der Waals surface area contributed by atoms with E-state index in [-0.39, 0.29) is 0 Å². The molecule has 0 fully saturated rings. The minimum Gasteiger partial charge on any atom is -0.427 e. The van der Waals surface area contributed by atoms with Gasteiger partial charge in [-0.15, -0.1) is 0 Å². The third-order valence-corrected chi connectivity index (χ3v) is 4.60. The maximum Gasteiger partial charge on any atom is 0.391 e. The Bertz CT molecular complexity index is 421. The lowest BCUT2D eigenvalue weighted by molar-refractivity contribution is 0.373. The Morgan fingerprint density at radius 3 is 2.13 bits per heavy atom. The van der Waals surface area contributed by atoms with Gasteiger partial charge >= 0.3 is 8.60 Å². The summed E-state index contributed by atoms with van der Waals surface area (Å²) in [6.07, 6.45) is 13.3. The van der Waals surface area contributed by atoms with Gasteiger partial charge in [0.25, 0.3) is 0 Å². The molecular formula is C19H33O3P. The molecular weight excluding hydrogens is 307 g/mol. The van der Waals surface area contributed by atoms with Gasteiger partial charge in [0.2, 0.25) is 0 Å². The fourth-order valence-electron chi connectivity index (χ4n) is 2.93. The average molecular weight is 340 g/mol. The highest BCUT2D eigenvalue weighted by atomic mass is 31.2. The zero-order valence-corrected chi connectivity index (χ0v) is 15.7. The van der Waals surface area contributed by atoms with Gasteiger partial charge in [-0.25, -0.2) is 0 Å². The third kappa shape index (κ3) is 8.69. The van der Waals surface area contributed by atoms with Crippen molar-refractivity contribution in [3.63, 3.8) is 0 Å². The quantitative estimate of drug-likeness (QED) is 0.346. The van der Waals surface area contributed by atoms with Gasteiger partial charge < -0.3 is 14.3 Å². The van der Waals surface area contributed by atoms with E-state index < -0.39 is 8.60 Å². The lowest BCUT2D eigenvalue weighted by Gasteiger charge is -2.15. The van der Waals surface area contributed by atoms with Crippen LogP contribution in [0.4, 0.5) is 0 Å². The average Bonchev–Trinajstić information content (AvgIpc) is 2.53. The van der Waals surface area contributed by atoms with Crippen LogP contribution < -0.4 is 4.52 Å². The van der Waals surface area contributed by atoms with Gasteiger partial charge in [-0.3, -0.25) is 0 Å². The van der Waals surface area contributed by atoms with E-state index in [9.17, 15) is 9.79 Å². The number of rotatable bonds is 13. The molecule has 1 aromatic carbocycles. The number of unbranched alkanes of at least 4 members (excludes halogenated alkanes) is 7. The third-order valence-electron chi connectivity index (χ3n) is 4.24. The fourth-order valence-corrected chi connectivity index (χ4v) is 3.28. The second-order valence-electron chi connectivity index (χ2n) is 6.21. The number of benzene rings is 1. The summed E-state index contributed by atoms with van der Waals surface area (Å²) >= 11 is 0. The van der Waals surface area contributed by atoms with Crippen molar-refractivity contribution in [2.75, 3.05) is 0 Å². The van der Waals surface area contributed by atoms with E-state index in [0.29, 0.717) is 5.75 Å². The molecule has 0 atom stereocenters. The van der Waals surface area contributed by atoms with Crippen LogP contribution in [-0.2, 0) is 12.8 Å². The topological polar surface area (TPSA) is 49.7 Å². The highest BCUT2D eigenvalue weighted by Crippen LogP contribution is 2.34. The first kappa shape index (κ1) is 20.4. The van der Waals surface area contributed by atoms with Gasteiger partial charge in [0.15, 0.2) is 0 Å². The van der Waals surface area contributed by atoms with Crippen molar-refractivity contribution in [2.24, 2.45) is 0 Å². The molecule has 2 N–H and O–H groups in total. The van der Waals surface area contributed by atoms with Gasteiger partial charge in [0, 0.05) is 0 Å². The summed E-state index contributed by atoms with van der Waals surface area (Å²) < 4.78 is 5.25. The van der Waals surface area contributed by atoms with Crippen LogP contribution in [0.15, 0.2) is 18.2 Å². The van der Waals surface area contributed by atoms with Crippen molar-refractivity contribution in [3.05, 3.63) is 29.3 Å². The van der Waals surface area contributed by atoms with E-state index in [2.05, 4.69) is 19.9 Å². The minimum atomic E-state index is -2.35. The molecule has 0 spiro atoms. The molecule has 132 valence electrons. The van der Waals surface area contributed by atoms with Crippen molar-refractivity contribution in [1.82, 2.24) is 0 Å². The fraction of sp³-hybridized carbons (Fsp3) is 0.684. The SMILES string of the molecule is CCCCCCCCCc1c(CCCC)cccc1OP(O)O. The van der Waals surface area contributed by atoms with Crippen molar-refractivity contribution in [1.29, 1.82) is 0 Å². The Morgan fingerprint density at radius 1 is 0.826 bits per heavy atom. The Kier molecular flexibility index (Phi) is 11.3. The van der Waals surface area contributed by atoms with Crippen LogP contribution in [0.3, 0.4) is 0 Å². The highest BCUT2D eigenvalue weighted by Gasteiger charge is 2.12. The highest BCUT2D eigenvalue weighted by molar-refractivity contribution is 7.39. The molecule has 0 aromatic heterocycles. The first-order valence-electron chi connectivity index (χ1n) is 9.15. The van der Waals surface area contributed by atoms with Crippen LogP contribution in [0.2, 0.25) is 0 Å². The summed E-state index contributed by atoms with van der Waals surface area (Å²) in [6, 6.07) is 5.96. The molecule has 0 radical (unpaired) electrons. The first-order valence-corrected chi connectivity index (χ1v) is 10.3. The predicted octanol–water partition coefficient (Wildman–Crippen LogP) is 5.91. The molecule has 0 bridgehead atoms. The van der Waals surface area contributed by atoms with Gasteiger partial charge in [0.05, 0.1) is 0 Å². The van der Waals surface area contributed by atoms with Crippen LogP contribution in [0.5, 0.6) is 5.75 Å². The largest absolute Gasteiger partial charge is 0.427 e. The molecule has 4 heteroatoms. The van der Waals surface area contributed by atoms with Gasteiger partial charge in [-0.1, -0.05) is 70.9 Å². The van der Waals surface area contributed by atoms with Gasteiger partial charge in [-0.05, 0) is 42.9 Å². The van der Waals surface area contributed by atoms with Crippen molar-refractivity contribution in [2.45, 2.75) is 84.5 Å². The number of hydrogen-bond acceptors (Lipinski definition) is 3. The number of aryl methyl sites for hydroxylation is 1. The molecule has 0 amide bonds. The molecule has 0 unspecified atom stereocenters. The zero-order chi connectivity index (χ0) is 16.9. The van der Waals surface area contributed by atoms with E-state index >= 15 is 0 Å².